The van der Waals surface area contributed by atoms with Crippen LogP contribution in [0.4, 0.5) is 5.82 Å². The Labute approximate surface area is 172 Å². The van der Waals surface area contributed by atoms with Crippen molar-refractivity contribution in [1.82, 2.24) is 20.5 Å². The quantitative estimate of drug-likeness (QED) is 0.577. The second-order valence-corrected chi connectivity index (χ2v) is 7.08. The van der Waals surface area contributed by atoms with Gasteiger partial charge in [-0.3, -0.25) is 9.79 Å². The monoisotopic (exact) mass is 394 g/mol. The van der Waals surface area contributed by atoms with E-state index in [9.17, 15) is 4.79 Å². The van der Waals surface area contributed by atoms with E-state index in [2.05, 4.69) is 44.6 Å². The van der Waals surface area contributed by atoms with E-state index in [1.165, 1.54) is 11.1 Å². The van der Waals surface area contributed by atoms with E-state index in [-0.39, 0.29) is 5.91 Å². The number of rotatable bonds is 6. The highest BCUT2D eigenvalue weighted by molar-refractivity contribution is 5.81. The molecule has 0 radical (unpaired) electrons. The molecular weight excluding hydrogens is 364 g/mol. The zero-order valence-corrected chi connectivity index (χ0v) is 17.3. The molecule has 7 heteroatoms. The molecule has 154 valence electrons. The minimum atomic E-state index is 0.174. The van der Waals surface area contributed by atoms with Crippen molar-refractivity contribution in [2.24, 2.45) is 4.99 Å². The summed E-state index contributed by atoms with van der Waals surface area (Å²) in [5.74, 6) is 1.86. The first-order valence-corrected chi connectivity index (χ1v) is 10.1. The molecule has 3 rings (SSSR count). The van der Waals surface area contributed by atoms with Crippen LogP contribution in [0.5, 0.6) is 0 Å². The number of amides is 1. The fourth-order valence-corrected chi connectivity index (χ4v) is 3.38. The molecule has 0 aliphatic carbocycles. The number of aromatic nitrogens is 1. The molecule has 0 unspecified atom stereocenters. The summed E-state index contributed by atoms with van der Waals surface area (Å²) >= 11 is 0. The fraction of sp³-hybridized carbons (Fsp3) is 0.409. The second-order valence-electron chi connectivity index (χ2n) is 7.08. The number of carbonyl (C=O) groups is 1. The van der Waals surface area contributed by atoms with E-state index in [1.807, 2.05) is 35.2 Å². The van der Waals surface area contributed by atoms with Crippen molar-refractivity contribution in [2.45, 2.75) is 19.9 Å². The Morgan fingerprint density at radius 2 is 1.83 bits per heavy atom. The van der Waals surface area contributed by atoms with Gasteiger partial charge in [-0.05, 0) is 30.2 Å². The van der Waals surface area contributed by atoms with Gasteiger partial charge in [-0.1, -0.05) is 30.3 Å². The highest BCUT2D eigenvalue weighted by Crippen LogP contribution is 2.13. The topological polar surface area (TPSA) is 72.9 Å². The van der Waals surface area contributed by atoms with Gasteiger partial charge in [0.1, 0.15) is 5.82 Å². The molecule has 1 saturated heterocycles. The minimum absolute atomic E-state index is 0.174. The summed E-state index contributed by atoms with van der Waals surface area (Å²) in [6.07, 6.45) is 2.26. The molecule has 1 aromatic heterocycles. The molecule has 1 amide bonds. The fourth-order valence-electron chi connectivity index (χ4n) is 3.38. The molecule has 7 nitrogen and oxygen atoms in total. The number of nitrogens with one attached hydrogen (secondary N) is 2. The molecule has 0 spiro atoms. The first-order chi connectivity index (χ1) is 14.2. The summed E-state index contributed by atoms with van der Waals surface area (Å²) in [5, 5.41) is 6.54. The van der Waals surface area contributed by atoms with E-state index in [4.69, 9.17) is 0 Å². The number of aryl methyl sites for hydroxylation is 1. The standard InChI is InChI=1S/C22H30N6O/c1-18-7-3-4-8-19(18)17-26-22(23-2)25-12-10-21(29)28-15-13-27(14-16-28)20-9-5-6-11-24-20/h3-9,11H,10,12-17H2,1-2H3,(H2,23,25,26). The highest BCUT2D eigenvalue weighted by atomic mass is 16.2. The molecule has 1 aliphatic heterocycles. The molecule has 2 heterocycles. The molecule has 1 fully saturated rings. The predicted octanol–water partition coefficient (Wildman–Crippen LogP) is 1.79. The number of aliphatic imine (C=N–C) groups is 1. The summed E-state index contributed by atoms with van der Waals surface area (Å²) in [7, 11) is 1.74. The lowest BCUT2D eigenvalue weighted by atomic mass is 10.1. The zero-order chi connectivity index (χ0) is 20.5. The lowest BCUT2D eigenvalue weighted by Gasteiger charge is -2.35. The van der Waals surface area contributed by atoms with Gasteiger partial charge in [-0.25, -0.2) is 4.98 Å². The first kappa shape index (κ1) is 20.6. The van der Waals surface area contributed by atoms with E-state index >= 15 is 0 Å². The van der Waals surface area contributed by atoms with Gasteiger partial charge in [0, 0.05) is 58.9 Å². The molecule has 2 aromatic rings. The highest BCUT2D eigenvalue weighted by Gasteiger charge is 2.21. The van der Waals surface area contributed by atoms with Crippen LogP contribution in [0.25, 0.3) is 0 Å². The SMILES string of the molecule is CN=C(NCCC(=O)N1CCN(c2ccccn2)CC1)NCc1ccccc1C. The van der Waals surface area contributed by atoms with Crippen molar-refractivity contribution in [1.29, 1.82) is 0 Å². The van der Waals surface area contributed by atoms with Gasteiger partial charge in [0.15, 0.2) is 5.96 Å². The van der Waals surface area contributed by atoms with Crippen LogP contribution in [0.1, 0.15) is 17.5 Å². The van der Waals surface area contributed by atoms with Crippen molar-refractivity contribution < 1.29 is 4.79 Å². The van der Waals surface area contributed by atoms with E-state index in [1.54, 1.807) is 13.2 Å². The van der Waals surface area contributed by atoms with Gasteiger partial charge in [0.25, 0.3) is 0 Å². The lowest BCUT2D eigenvalue weighted by Crippen LogP contribution is -2.49. The van der Waals surface area contributed by atoms with E-state index < -0.39 is 0 Å². The first-order valence-electron chi connectivity index (χ1n) is 10.1. The van der Waals surface area contributed by atoms with Gasteiger partial charge in [-0.15, -0.1) is 0 Å². The molecule has 2 N–H and O–H groups in total. The van der Waals surface area contributed by atoms with E-state index in [0.717, 1.165) is 32.0 Å². The normalized spacial score (nSPS) is 14.6. The second kappa shape index (κ2) is 10.5. The molecule has 0 atom stereocenters. The number of piperazine rings is 1. The molecule has 29 heavy (non-hydrogen) atoms. The van der Waals surface area contributed by atoms with Crippen LogP contribution in [0, 0.1) is 6.92 Å². The molecular formula is C22H30N6O. The average Bonchev–Trinajstić information content (AvgIpc) is 2.77. The summed E-state index contributed by atoms with van der Waals surface area (Å²) in [4.78, 5) is 25.3. The number of hydrogen-bond acceptors (Lipinski definition) is 4. The molecule has 1 aromatic carbocycles. The van der Waals surface area contributed by atoms with Gasteiger partial charge in [0.2, 0.25) is 5.91 Å². The Kier molecular flexibility index (Phi) is 7.44. The number of anilines is 1. The zero-order valence-electron chi connectivity index (χ0n) is 17.3. The summed E-state index contributed by atoms with van der Waals surface area (Å²) in [6.45, 7) is 6.46. The maximum absolute atomic E-state index is 12.5. The van der Waals surface area contributed by atoms with Gasteiger partial charge in [0.05, 0.1) is 0 Å². The predicted molar refractivity (Wildman–Crippen MR) is 117 cm³/mol. The molecule has 1 aliphatic rings. The van der Waals surface area contributed by atoms with Crippen LogP contribution in [-0.2, 0) is 11.3 Å². The van der Waals surface area contributed by atoms with Gasteiger partial charge >= 0.3 is 0 Å². The largest absolute Gasteiger partial charge is 0.356 e. The van der Waals surface area contributed by atoms with Crippen molar-refractivity contribution >= 4 is 17.7 Å². The van der Waals surface area contributed by atoms with Crippen LogP contribution in [0.2, 0.25) is 0 Å². The van der Waals surface area contributed by atoms with Crippen molar-refractivity contribution in [3.05, 3.63) is 59.8 Å². The Balaban J connectivity index is 1.37. The van der Waals surface area contributed by atoms with Crippen LogP contribution in [0.3, 0.4) is 0 Å². The van der Waals surface area contributed by atoms with Gasteiger partial charge in [-0.2, -0.15) is 0 Å². The summed E-state index contributed by atoms with van der Waals surface area (Å²) in [6, 6.07) is 14.2. The van der Waals surface area contributed by atoms with Gasteiger partial charge < -0.3 is 20.4 Å². The van der Waals surface area contributed by atoms with Crippen molar-refractivity contribution in [3.8, 4) is 0 Å². The summed E-state index contributed by atoms with van der Waals surface area (Å²) < 4.78 is 0. The Hall–Kier alpha value is -3.09. The lowest BCUT2D eigenvalue weighted by molar-refractivity contribution is -0.131. The van der Waals surface area contributed by atoms with E-state index in [0.29, 0.717) is 25.5 Å². The average molecular weight is 395 g/mol. The number of nitrogens with zero attached hydrogens (tertiary/aromatic N) is 4. The van der Waals surface area contributed by atoms with Crippen molar-refractivity contribution in [2.75, 3.05) is 44.7 Å². The Bertz CT molecular complexity index is 815. The number of benzene rings is 1. The van der Waals surface area contributed by atoms with Crippen LogP contribution in [-0.4, -0.2) is 61.5 Å². The number of hydrogen-bond donors (Lipinski definition) is 2. The van der Waals surface area contributed by atoms with Crippen LogP contribution >= 0.6 is 0 Å². The van der Waals surface area contributed by atoms with Crippen molar-refractivity contribution in [3.63, 3.8) is 0 Å². The third kappa shape index (κ3) is 5.94. The molecule has 0 bridgehead atoms. The minimum Gasteiger partial charge on any atom is -0.356 e. The maximum atomic E-state index is 12.5. The summed E-state index contributed by atoms with van der Waals surface area (Å²) in [5.41, 5.74) is 2.48. The Morgan fingerprint density at radius 1 is 1.07 bits per heavy atom. The Morgan fingerprint density at radius 3 is 2.52 bits per heavy atom. The number of guanidine groups is 1. The third-order valence-corrected chi connectivity index (χ3v) is 5.17. The maximum Gasteiger partial charge on any atom is 0.224 e. The number of pyridine rings is 1. The molecule has 0 saturated carbocycles. The van der Waals surface area contributed by atoms with Crippen LogP contribution < -0.4 is 15.5 Å². The smallest absolute Gasteiger partial charge is 0.224 e. The number of carbonyl (C=O) groups excluding carboxylic acids is 1. The third-order valence-electron chi connectivity index (χ3n) is 5.17. The van der Waals surface area contributed by atoms with Crippen LogP contribution in [0.15, 0.2) is 53.7 Å².